The van der Waals surface area contributed by atoms with Crippen molar-refractivity contribution in [2.75, 3.05) is 32.5 Å². The number of amides is 2. The predicted molar refractivity (Wildman–Crippen MR) is 101 cm³/mol. The Labute approximate surface area is 170 Å². The molecule has 0 spiro atoms. The highest BCUT2D eigenvalue weighted by atomic mass is 35.5. The molecule has 1 aliphatic heterocycles. The van der Waals surface area contributed by atoms with Gasteiger partial charge in [-0.1, -0.05) is 23.7 Å². The number of rotatable bonds is 8. The van der Waals surface area contributed by atoms with Crippen LogP contribution in [0, 0.1) is 0 Å². The Morgan fingerprint density at radius 3 is 2.45 bits per heavy atom. The topological polar surface area (TPSA) is 110 Å². The van der Waals surface area contributed by atoms with E-state index in [2.05, 4.69) is 15.5 Å². The first-order chi connectivity index (χ1) is 13.7. The molecular formula is C18H18ClF2N5O3. The molecule has 1 aliphatic rings. The number of carbonyl (C=O) groups is 2. The zero-order valence-electron chi connectivity index (χ0n) is 15.4. The van der Waals surface area contributed by atoms with Gasteiger partial charge in [-0.25, -0.2) is 8.78 Å². The predicted octanol–water partition coefficient (Wildman–Crippen LogP) is 1.92. The number of nitrogens with one attached hydrogen (secondary N) is 1. The molecule has 0 bridgehead atoms. The summed E-state index contributed by atoms with van der Waals surface area (Å²) in [6, 6.07) is 6.67. The molecule has 0 fully saturated rings. The van der Waals surface area contributed by atoms with Gasteiger partial charge in [0.1, 0.15) is 5.82 Å². The lowest BCUT2D eigenvalue weighted by atomic mass is 10.1. The van der Waals surface area contributed by atoms with Gasteiger partial charge in [-0.3, -0.25) is 14.5 Å². The summed E-state index contributed by atoms with van der Waals surface area (Å²) in [5.74, 6) is -4.82. The second kappa shape index (κ2) is 8.36. The van der Waals surface area contributed by atoms with Crippen LogP contribution in [0.5, 0.6) is 0 Å². The number of ether oxygens (including phenoxy) is 1. The van der Waals surface area contributed by atoms with E-state index in [4.69, 9.17) is 22.1 Å². The quantitative estimate of drug-likeness (QED) is 0.621. The van der Waals surface area contributed by atoms with Crippen molar-refractivity contribution in [2.24, 2.45) is 0 Å². The number of methoxy groups -OCH3 is 1. The second-order valence-electron chi connectivity index (χ2n) is 6.50. The number of fused-ring (bicyclic) bond motifs is 1. The molecule has 11 heteroatoms. The van der Waals surface area contributed by atoms with Crippen LogP contribution in [0.15, 0.2) is 30.3 Å². The Bertz CT molecular complexity index is 908. The fraction of sp³-hybridized carbons (Fsp3) is 0.333. The van der Waals surface area contributed by atoms with E-state index in [9.17, 15) is 18.4 Å². The molecule has 0 unspecified atom stereocenters. The normalized spacial score (nSPS) is 15.0. The van der Waals surface area contributed by atoms with Gasteiger partial charge in [-0.2, -0.15) is 0 Å². The van der Waals surface area contributed by atoms with Crippen LogP contribution in [-0.2, 0) is 4.74 Å². The van der Waals surface area contributed by atoms with E-state index in [-0.39, 0.29) is 28.7 Å². The molecule has 2 amide bonds. The summed E-state index contributed by atoms with van der Waals surface area (Å²) in [5, 5.41) is 9.89. The standard InChI is InChI=1S/C18H18ClF2N5O3/c1-29-7-13(12-6-14(22)24-25-15(12)19)23-8-18(20,21)9-26-16(27)10-4-2-3-5-11(10)17(26)28/h2-6,13,23H,7-9H2,1H3,(H2,22,24)/t13-/m1/s1. The van der Waals surface area contributed by atoms with E-state index in [0.717, 1.165) is 0 Å². The number of alkyl halides is 2. The summed E-state index contributed by atoms with van der Waals surface area (Å²) in [4.78, 5) is 25.2. The fourth-order valence-electron chi connectivity index (χ4n) is 3.02. The third kappa shape index (κ3) is 4.50. The molecule has 2 aromatic rings. The summed E-state index contributed by atoms with van der Waals surface area (Å²) < 4.78 is 34.3. The van der Waals surface area contributed by atoms with Crippen molar-refractivity contribution in [3.05, 3.63) is 52.2 Å². The molecular weight excluding hydrogens is 408 g/mol. The van der Waals surface area contributed by atoms with Crippen LogP contribution < -0.4 is 11.1 Å². The zero-order chi connectivity index (χ0) is 21.2. The molecule has 1 atom stereocenters. The molecule has 29 heavy (non-hydrogen) atoms. The molecule has 1 aromatic heterocycles. The zero-order valence-corrected chi connectivity index (χ0v) is 16.1. The molecule has 3 rings (SSSR count). The fourth-order valence-corrected chi connectivity index (χ4v) is 3.24. The van der Waals surface area contributed by atoms with E-state index in [0.29, 0.717) is 10.5 Å². The van der Waals surface area contributed by atoms with Gasteiger partial charge in [-0.15, -0.1) is 10.2 Å². The Balaban J connectivity index is 1.71. The number of aromatic nitrogens is 2. The summed E-state index contributed by atoms with van der Waals surface area (Å²) >= 11 is 5.99. The Morgan fingerprint density at radius 1 is 1.24 bits per heavy atom. The molecule has 0 aliphatic carbocycles. The maximum atomic E-state index is 14.6. The SMILES string of the molecule is COC[C@@H](NCC(F)(F)CN1C(=O)c2ccccc2C1=O)c1cc(N)nnc1Cl. The highest BCUT2D eigenvalue weighted by Gasteiger charge is 2.42. The largest absolute Gasteiger partial charge is 0.383 e. The van der Waals surface area contributed by atoms with Crippen molar-refractivity contribution < 1.29 is 23.1 Å². The Morgan fingerprint density at radius 2 is 1.86 bits per heavy atom. The molecule has 1 aromatic carbocycles. The first-order valence-corrected chi connectivity index (χ1v) is 8.95. The van der Waals surface area contributed by atoms with Gasteiger partial charge in [0.15, 0.2) is 5.15 Å². The maximum absolute atomic E-state index is 14.6. The van der Waals surface area contributed by atoms with Crippen molar-refractivity contribution >= 4 is 29.2 Å². The minimum Gasteiger partial charge on any atom is -0.383 e. The summed E-state index contributed by atoms with van der Waals surface area (Å²) in [6.07, 6.45) is 0. The number of nitrogens with zero attached hydrogens (tertiary/aromatic N) is 3. The van der Waals surface area contributed by atoms with Gasteiger partial charge in [-0.05, 0) is 18.2 Å². The number of anilines is 1. The van der Waals surface area contributed by atoms with Gasteiger partial charge in [0, 0.05) is 12.7 Å². The number of hydrogen-bond donors (Lipinski definition) is 2. The second-order valence-corrected chi connectivity index (χ2v) is 6.86. The van der Waals surface area contributed by atoms with Gasteiger partial charge in [0.2, 0.25) is 0 Å². The molecule has 8 nitrogen and oxygen atoms in total. The third-order valence-corrected chi connectivity index (χ3v) is 4.67. The van der Waals surface area contributed by atoms with Crippen LogP contribution in [-0.4, -0.2) is 59.6 Å². The van der Waals surface area contributed by atoms with Crippen molar-refractivity contribution in [3.63, 3.8) is 0 Å². The van der Waals surface area contributed by atoms with Gasteiger partial charge in [0.05, 0.1) is 36.9 Å². The molecule has 0 saturated carbocycles. The highest BCUT2D eigenvalue weighted by molar-refractivity contribution is 6.30. The summed E-state index contributed by atoms with van der Waals surface area (Å²) in [7, 11) is 1.40. The first kappa shape index (κ1) is 21.0. The number of halogens is 3. The molecule has 0 saturated heterocycles. The number of benzene rings is 1. The van der Waals surface area contributed by atoms with Crippen molar-refractivity contribution in [2.45, 2.75) is 12.0 Å². The number of carbonyl (C=O) groups excluding carboxylic acids is 2. The Kier molecular flexibility index (Phi) is 6.06. The number of imide groups is 1. The monoisotopic (exact) mass is 425 g/mol. The van der Waals surface area contributed by atoms with Crippen LogP contribution in [0.2, 0.25) is 5.15 Å². The average molecular weight is 426 g/mol. The molecule has 2 heterocycles. The number of nitrogens with two attached hydrogens (primary N) is 1. The minimum atomic E-state index is -3.40. The Hall–Kier alpha value is -2.69. The van der Waals surface area contributed by atoms with Crippen molar-refractivity contribution in [3.8, 4) is 0 Å². The van der Waals surface area contributed by atoms with E-state index in [1.165, 1.54) is 25.3 Å². The van der Waals surface area contributed by atoms with E-state index in [1.807, 2.05) is 0 Å². The van der Waals surface area contributed by atoms with Crippen molar-refractivity contribution in [1.29, 1.82) is 0 Å². The summed E-state index contributed by atoms with van der Waals surface area (Å²) in [5.41, 5.74) is 6.17. The number of hydrogen-bond acceptors (Lipinski definition) is 7. The number of nitrogen functional groups attached to an aromatic ring is 1. The van der Waals surface area contributed by atoms with Crippen LogP contribution in [0.3, 0.4) is 0 Å². The first-order valence-electron chi connectivity index (χ1n) is 8.57. The van der Waals surface area contributed by atoms with Crippen molar-refractivity contribution in [1.82, 2.24) is 20.4 Å². The van der Waals surface area contributed by atoms with Crippen LogP contribution in [0.1, 0.15) is 32.3 Å². The lowest BCUT2D eigenvalue weighted by Crippen LogP contribution is -2.46. The smallest absolute Gasteiger partial charge is 0.278 e. The van der Waals surface area contributed by atoms with Gasteiger partial charge < -0.3 is 15.8 Å². The lowest BCUT2D eigenvalue weighted by molar-refractivity contribution is -0.0247. The average Bonchev–Trinajstić information content (AvgIpc) is 2.92. The van der Waals surface area contributed by atoms with Crippen LogP contribution >= 0.6 is 11.6 Å². The van der Waals surface area contributed by atoms with Crippen LogP contribution in [0.4, 0.5) is 14.6 Å². The molecule has 0 radical (unpaired) electrons. The minimum absolute atomic E-state index is 0.00239. The van der Waals surface area contributed by atoms with E-state index >= 15 is 0 Å². The van der Waals surface area contributed by atoms with E-state index < -0.39 is 36.9 Å². The summed E-state index contributed by atoms with van der Waals surface area (Å²) in [6.45, 7) is -1.89. The highest BCUT2D eigenvalue weighted by Crippen LogP contribution is 2.27. The molecule has 3 N–H and O–H groups in total. The maximum Gasteiger partial charge on any atom is 0.278 e. The third-order valence-electron chi connectivity index (χ3n) is 4.38. The van der Waals surface area contributed by atoms with E-state index in [1.54, 1.807) is 12.1 Å². The van der Waals surface area contributed by atoms with Gasteiger partial charge >= 0.3 is 0 Å². The lowest BCUT2D eigenvalue weighted by Gasteiger charge is -2.26. The molecule has 154 valence electrons. The van der Waals surface area contributed by atoms with Gasteiger partial charge in [0.25, 0.3) is 17.7 Å². The van der Waals surface area contributed by atoms with Crippen LogP contribution in [0.25, 0.3) is 0 Å².